The van der Waals surface area contributed by atoms with E-state index >= 15 is 0 Å². The van der Waals surface area contributed by atoms with Crippen LogP contribution in [-0.4, -0.2) is 18.0 Å². The SMILES string of the molecule is C=CC(C)NC(=O)[C@@H](N)[C@@H](C)CC. The summed E-state index contributed by atoms with van der Waals surface area (Å²) in [7, 11) is 0. The maximum Gasteiger partial charge on any atom is 0.237 e. The van der Waals surface area contributed by atoms with Crippen LogP contribution in [0.15, 0.2) is 12.7 Å². The Morgan fingerprint density at radius 1 is 1.62 bits per heavy atom. The van der Waals surface area contributed by atoms with E-state index in [2.05, 4.69) is 11.9 Å². The van der Waals surface area contributed by atoms with E-state index in [1.165, 1.54) is 0 Å². The molecule has 0 saturated carbocycles. The molecular weight excluding hydrogens is 164 g/mol. The van der Waals surface area contributed by atoms with E-state index in [4.69, 9.17) is 5.73 Å². The van der Waals surface area contributed by atoms with E-state index in [1.54, 1.807) is 6.08 Å². The van der Waals surface area contributed by atoms with E-state index in [0.29, 0.717) is 0 Å². The highest BCUT2D eigenvalue weighted by atomic mass is 16.2. The maximum atomic E-state index is 11.4. The molecule has 0 radical (unpaired) electrons. The number of rotatable bonds is 5. The Hall–Kier alpha value is -0.830. The first kappa shape index (κ1) is 12.2. The van der Waals surface area contributed by atoms with Crippen LogP contribution < -0.4 is 11.1 Å². The molecule has 0 rings (SSSR count). The van der Waals surface area contributed by atoms with Gasteiger partial charge in [-0.05, 0) is 12.8 Å². The van der Waals surface area contributed by atoms with Gasteiger partial charge in [0.1, 0.15) is 0 Å². The maximum absolute atomic E-state index is 11.4. The van der Waals surface area contributed by atoms with Crippen molar-refractivity contribution in [3.63, 3.8) is 0 Å². The lowest BCUT2D eigenvalue weighted by Gasteiger charge is -2.19. The molecule has 3 atom stereocenters. The van der Waals surface area contributed by atoms with Gasteiger partial charge in [0.25, 0.3) is 0 Å². The van der Waals surface area contributed by atoms with Gasteiger partial charge in [-0.2, -0.15) is 0 Å². The summed E-state index contributed by atoms with van der Waals surface area (Å²) in [6.45, 7) is 9.45. The fraction of sp³-hybridized carbons (Fsp3) is 0.700. The first-order valence-electron chi connectivity index (χ1n) is 4.71. The van der Waals surface area contributed by atoms with Gasteiger partial charge in [0.15, 0.2) is 0 Å². The second-order valence-electron chi connectivity index (χ2n) is 3.44. The van der Waals surface area contributed by atoms with Crippen LogP contribution in [0.25, 0.3) is 0 Å². The highest BCUT2D eigenvalue weighted by Crippen LogP contribution is 2.05. The zero-order chi connectivity index (χ0) is 10.4. The van der Waals surface area contributed by atoms with Gasteiger partial charge in [0, 0.05) is 6.04 Å². The zero-order valence-electron chi connectivity index (χ0n) is 8.71. The number of hydrogen-bond donors (Lipinski definition) is 2. The van der Waals surface area contributed by atoms with E-state index < -0.39 is 6.04 Å². The van der Waals surface area contributed by atoms with Gasteiger partial charge < -0.3 is 11.1 Å². The van der Waals surface area contributed by atoms with E-state index in [9.17, 15) is 4.79 Å². The molecule has 3 N–H and O–H groups in total. The molecule has 13 heavy (non-hydrogen) atoms. The molecule has 0 saturated heterocycles. The molecule has 0 aromatic rings. The van der Waals surface area contributed by atoms with Crippen LogP contribution in [-0.2, 0) is 4.79 Å². The lowest BCUT2D eigenvalue weighted by atomic mass is 9.99. The number of carbonyl (C=O) groups is 1. The normalized spacial score (nSPS) is 17.2. The lowest BCUT2D eigenvalue weighted by molar-refractivity contribution is -0.123. The second-order valence-corrected chi connectivity index (χ2v) is 3.44. The first-order chi connectivity index (χ1) is 6.02. The Morgan fingerprint density at radius 3 is 2.54 bits per heavy atom. The highest BCUT2D eigenvalue weighted by Gasteiger charge is 2.19. The minimum Gasteiger partial charge on any atom is -0.349 e. The Labute approximate surface area is 80.4 Å². The standard InChI is InChI=1S/C10H20N2O/c1-5-7(3)9(11)10(13)12-8(4)6-2/h6-9H,2,5,11H2,1,3-4H3,(H,12,13)/t7-,8?,9-/m0/s1. The topological polar surface area (TPSA) is 55.1 Å². The molecule has 0 spiro atoms. The summed E-state index contributed by atoms with van der Waals surface area (Å²) < 4.78 is 0. The molecule has 0 aromatic heterocycles. The van der Waals surface area contributed by atoms with Crippen molar-refractivity contribution >= 4 is 5.91 Å². The van der Waals surface area contributed by atoms with Gasteiger partial charge in [-0.3, -0.25) is 4.79 Å². The first-order valence-corrected chi connectivity index (χ1v) is 4.71. The molecule has 0 aliphatic carbocycles. The van der Waals surface area contributed by atoms with Gasteiger partial charge in [-0.25, -0.2) is 0 Å². The molecule has 0 aliphatic heterocycles. The molecule has 3 nitrogen and oxygen atoms in total. The molecule has 0 fully saturated rings. The molecular formula is C10H20N2O. The Kier molecular flexibility index (Phi) is 5.39. The zero-order valence-corrected chi connectivity index (χ0v) is 8.71. The van der Waals surface area contributed by atoms with Crippen molar-refractivity contribution in [2.24, 2.45) is 11.7 Å². The largest absolute Gasteiger partial charge is 0.349 e. The van der Waals surface area contributed by atoms with Gasteiger partial charge >= 0.3 is 0 Å². The molecule has 0 aliphatic rings. The monoisotopic (exact) mass is 184 g/mol. The van der Waals surface area contributed by atoms with Crippen LogP contribution in [0.2, 0.25) is 0 Å². The molecule has 1 unspecified atom stereocenters. The van der Waals surface area contributed by atoms with Gasteiger partial charge in [-0.1, -0.05) is 26.3 Å². The molecule has 0 heterocycles. The van der Waals surface area contributed by atoms with Crippen LogP contribution >= 0.6 is 0 Å². The van der Waals surface area contributed by atoms with Crippen molar-refractivity contribution in [2.75, 3.05) is 0 Å². The summed E-state index contributed by atoms with van der Waals surface area (Å²) in [6, 6.07) is -0.421. The fourth-order valence-corrected chi connectivity index (χ4v) is 0.892. The Morgan fingerprint density at radius 2 is 2.15 bits per heavy atom. The highest BCUT2D eigenvalue weighted by molar-refractivity contribution is 5.82. The fourth-order valence-electron chi connectivity index (χ4n) is 0.892. The average Bonchev–Trinajstić information content (AvgIpc) is 2.14. The number of hydrogen-bond acceptors (Lipinski definition) is 2. The van der Waals surface area contributed by atoms with Crippen molar-refractivity contribution in [1.82, 2.24) is 5.32 Å². The smallest absolute Gasteiger partial charge is 0.237 e. The third-order valence-electron chi connectivity index (χ3n) is 2.28. The molecule has 76 valence electrons. The predicted octanol–water partition coefficient (Wildman–Crippen LogP) is 1.05. The number of amides is 1. The van der Waals surface area contributed by atoms with Crippen molar-refractivity contribution in [1.29, 1.82) is 0 Å². The third kappa shape index (κ3) is 4.08. The summed E-state index contributed by atoms with van der Waals surface area (Å²) in [5.41, 5.74) is 5.73. The van der Waals surface area contributed by atoms with Crippen molar-refractivity contribution in [2.45, 2.75) is 39.3 Å². The van der Waals surface area contributed by atoms with E-state index in [0.717, 1.165) is 6.42 Å². The summed E-state index contributed by atoms with van der Waals surface area (Å²) in [5.74, 6) is 0.124. The molecule has 0 bridgehead atoms. The number of nitrogens with one attached hydrogen (secondary N) is 1. The molecule has 0 aromatic carbocycles. The summed E-state index contributed by atoms with van der Waals surface area (Å²) >= 11 is 0. The summed E-state index contributed by atoms with van der Waals surface area (Å²) in [5, 5.41) is 2.76. The quantitative estimate of drug-likeness (QED) is 0.627. The minimum atomic E-state index is -0.410. The van der Waals surface area contributed by atoms with Crippen LogP contribution in [0.1, 0.15) is 27.2 Å². The molecule has 1 amide bonds. The summed E-state index contributed by atoms with van der Waals surface area (Å²) in [6.07, 6.45) is 2.60. The minimum absolute atomic E-state index is 0.0115. The van der Waals surface area contributed by atoms with Crippen LogP contribution in [0.4, 0.5) is 0 Å². The second kappa shape index (κ2) is 5.75. The van der Waals surface area contributed by atoms with Crippen molar-refractivity contribution < 1.29 is 4.79 Å². The van der Waals surface area contributed by atoms with E-state index in [1.807, 2.05) is 20.8 Å². The van der Waals surface area contributed by atoms with Crippen LogP contribution in [0.5, 0.6) is 0 Å². The van der Waals surface area contributed by atoms with Crippen molar-refractivity contribution in [3.8, 4) is 0 Å². The van der Waals surface area contributed by atoms with Gasteiger partial charge in [0.05, 0.1) is 6.04 Å². The van der Waals surface area contributed by atoms with Crippen LogP contribution in [0, 0.1) is 5.92 Å². The number of carbonyl (C=O) groups excluding carboxylic acids is 1. The molecule has 3 heteroatoms. The average molecular weight is 184 g/mol. The lowest BCUT2D eigenvalue weighted by Crippen LogP contribution is -2.47. The predicted molar refractivity (Wildman–Crippen MR) is 55.2 cm³/mol. The Bertz CT molecular complexity index is 180. The van der Waals surface area contributed by atoms with Gasteiger partial charge in [0.2, 0.25) is 5.91 Å². The van der Waals surface area contributed by atoms with E-state index in [-0.39, 0.29) is 17.9 Å². The van der Waals surface area contributed by atoms with Crippen LogP contribution in [0.3, 0.4) is 0 Å². The summed E-state index contributed by atoms with van der Waals surface area (Å²) in [4.78, 5) is 11.4. The Balaban J connectivity index is 4.03. The number of nitrogens with two attached hydrogens (primary N) is 1. The van der Waals surface area contributed by atoms with Gasteiger partial charge in [-0.15, -0.1) is 6.58 Å². The van der Waals surface area contributed by atoms with Crippen molar-refractivity contribution in [3.05, 3.63) is 12.7 Å². The third-order valence-corrected chi connectivity index (χ3v) is 2.28.